The largest absolute Gasteiger partial charge is 0.346 e. The fraction of sp³-hybridized carbons (Fsp3) is 0.235. The monoisotopic (exact) mass is 408 g/mol. The molecule has 0 unspecified atom stereocenters. The first-order valence-electron chi connectivity index (χ1n) is 7.89. The Balaban J connectivity index is 1.59. The Morgan fingerprint density at radius 3 is 2.62 bits per heavy atom. The van der Waals surface area contributed by atoms with Gasteiger partial charge in [-0.15, -0.1) is 0 Å². The Morgan fingerprint density at radius 2 is 1.96 bits per heavy atom. The Morgan fingerprint density at radius 1 is 1.23 bits per heavy atom. The predicted molar refractivity (Wildman–Crippen MR) is 109 cm³/mol. The molecule has 3 rings (SSSR count). The average molecular weight is 409 g/mol. The molecule has 26 heavy (non-hydrogen) atoms. The van der Waals surface area contributed by atoms with Gasteiger partial charge in [-0.2, -0.15) is 10.2 Å². The number of anilines is 1. The Hall–Kier alpha value is -2.09. The molecule has 9 heteroatoms. The summed E-state index contributed by atoms with van der Waals surface area (Å²) in [7, 11) is 3.74. The fourth-order valence-electron chi connectivity index (χ4n) is 2.41. The third kappa shape index (κ3) is 4.55. The predicted octanol–water partition coefficient (Wildman–Crippen LogP) is 3.80. The zero-order chi connectivity index (χ0) is 18.7. The maximum atomic E-state index is 6.15. The highest BCUT2D eigenvalue weighted by Gasteiger charge is 2.12. The summed E-state index contributed by atoms with van der Waals surface area (Å²) in [5.41, 5.74) is 2.01. The molecule has 0 saturated carbocycles. The number of hydrogen-bond acceptors (Lipinski definition) is 3. The lowest BCUT2D eigenvalue weighted by molar-refractivity contribution is 0.482. The number of nitrogens with one attached hydrogen (secondary N) is 1. The Bertz CT molecular complexity index is 883. The number of aryl methyl sites for hydroxylation is 1. The Labute approximate surface area is 167 Å². The van der Waals surface area contributed by atoms with Crippen molar-refractivity contribution >= 4 is 46.4 Å². The summed E-state index contributed by atoms with van der Waals surface area (Å²) in [4.78, 5) is 1.89. The number of nitrogens with zero attached hydrogens (tertiary/aromatic N) is 5. The Kier molecular flexibility index (Phi) is 5.80. The van der Waals surface area contributed by atoms with Gasteiger partial charge in [0.1, 0.15) is 0 Å². The van der Waals surface area contributed by atoms with Crippen molar-refractivity contribution < 1.29 is 0 Å². The van der Waals surface area contributed by atoms with Crippen LogP contribution in [0, 0.1) is 0 Å². The van der Waals surface area contributed by atoms with Crippen molar-refractivity contribution in [3.63, 3.8) is 0 Å². The summed E-state index contributed by atoms with van der Waals surface area (Å²) in [5, 5.41) is 13.7. The van der Waals surface area contributed by atoms with Crippen LogP contribution in [0.4, 0.5) is 5.82 Å². The van der Waals surface area contributed by atoms with E-state index in [0.717, 1.165) is 16.3 Å². The van der Waals surface area contributed by atoms with Gasteiger partial charge in [0.25, 0.3) is 0 Å². The van der Waals surface area contributed by atoms with E-state index in [0.29, 0.717) is 29.0 Å². The standard InChI is InChI=1S/C17H18Cl2N6S/c1-23(11-15-14(19)9-20-24(15)2)17(26)21-16-7-8-25(22-16)10-12-3-5-13(18)6-4-12/h3-9H,10-11H2,1-2H3,(H,21,22,26). The van der Waals surface area contributed by atoms with Gasteiger partial charge in [-0.05, 0) is 29.9 Å². The third-order valence-electron chi connectivity index (χ3n) is 3.88. The first kappa shape index (κ1) is 18.7. The van der Waals surface area contributed by atoms with E-state index < -0.39 is 0 Å². The molecule has 1 aromatic carbocycles. The van der Waals surface area contributed by atoms with Crippen molar-refractivity contribution in [1.82, 2.24) is 24.5 Å². The van der Waals surface area contributed by atoms with Crippen molar-refractivity contribution in [1.29, 1.82) is 0 Å². The smallest absolute Gasteiger partial charge is 0.174 e. The average Bonchev–Trinajstić information content (AvgIpc) is 3.18. The summed E-state index contributed by atoms with van der Waals surface area (Å²) in [6, 6.07) is 9.58. The van der Waals surface area contributed by atoms with Crippen LogP contribution in [-0.4, -0.2) is 36.6 Å². The number of aromatic nitrogens is 4. The molecule has 0 bridgehead atoms. The summed E-state index contributed by atoms with van der Waals surface area (Å²) in [6.45, 7) is 1.21. The lowest BCUT2D eigenvalue weighted by atomic mass is 10.2. The molecule has 0 amide bonds. The first-order valence-corrected chi connectivity index (χ1v) is 9.05. The van der Waals surface area contributed by atoms with Gasteiger partial charge in [-0.25, -0.2) is 0 Å². The lowest BCUT2D eigenvalue weighted by Gasteiger charge is -2.20. The first-order chi connectivity index (χ1) is 12.4. The molecule has 2 aromatic heterocycles. The normalized spacial score (nSPS) is 10.8. The van der Waals surface area contributed by atoms with E-state index in [1.54, 1.807) is 10.9 Å². The quantitative estimate of drug-likeness (QED) is 0.650. The molecular formula is C17H18Cl2N6S. The summed E-state index contributed by atoms with van der Waals surface area (Å²) in [5.74, 6) is 0.687. The van der Waals surface area contributed by atoms with Crippen LogP contribution in [0.15, 0.2) is 42.7 Å². The second-order valence-electron chi connectivity index (χ2n) is 5.87. The van der Waals surface area contributed by atoms with Crippen LogP contribution in [-0.2, 0) is 20.1 Å². The highest BCUT2D eigenvalue weighted by Crippen LogP contribution is 2.16. The van der Waals surface area contributed by atoms with Crippen molar-refractivity contribution in [2.75, 3.05) is 12.4 Å². The van der Waals surface area contributed by atoms with Crippen molar-refractivity contribution in [2.24, 2.45) is 7.05 Å². The van der Waals surface area contributed by atoms with Gasteiger partial charge in [0, 0.05) is 31.4 Å². The minimum absolute atomic E-state index is 0.548. The van der Waals surface area contributed by atoms with Crippen LogP contribution in [0.3, 0.4) is 0 Å². The van der Waals surface area contributed by atoms with Crippen LogP contribution in [0.25, 0.3) is 0 Å². The number of benzene rings is 1. The van der Waals surface area contributed by atoms with Gasteiger partial charge in [0.2, 0.25) is 0 Å². The topological polar surface area (TPSA) is 50.9 Å². The molecule has 0 fully saturated rings. The highest BCUT2D eigenvalue weighted by atomic mass is 35.5. The van der Waals surface area contributed by atoms with Gasteiger partial charge < -0.3 is 10.2 Å². The molecule has 0 aliphatic carbocycles. The highest BCUT2D eigenvalue weighted by molar-refractivity contribution is 7.80. The molecule has 0 spiro atoms. The number of rotatable bonds is 5. The van der Waals surface area contributed by atoms with Crippen LogP contribution in [0.1, 0.15) is 11.3 Å². The molecule has 0 atom stereocenters. The van der Waals surface area contributed by atoms with Crippen molar-refractivity contribution in [2.45, 2.75) is 13.1 Å². The zero-order valence-electron chi connectivity index (χ0n) is 14.4. The van der Waals surface area contributed by atoms with Gasteiger partial charge in [0.15, 0.2) is 10.9 Å². The number of hydrogen-bond donors (Lipinski definition) is 1. The van der Waals surface area contributed by atoms with Gasteiger partial charge >= 0.3 is 0 Å². The molecule has 1 N–H and O–H groups in total. The van der Waals surface area contributed by atoms with Gasteiger partial charge in [-0.3, -0.25) is 9.36 Å². The van der Waals surface area contributed by atoms with E-state index in [4.69, 9.17) is 35.4 Å². The van der Waals surface area contributed by atoms with E-state index >= 15 is 0 Å². The van der Waals surface area contributed by atoms with Crippen LogP contribution >= 0.6 is 35.4 Å². The molecule has 0 saturated heterocycles. The van der Waals surface area contributed by atoms with Crippen molar-refractivity contribution in [3.8, 4) is 0 Å². The molecule has 0 radical (unpaired) electrons. The maximum Gasteiger partial charge on any atom is 0.174 e. The minimum Gasteiger partial charge on any atom is -0.346 e. The molecule has 136 valence electrons. The molecule has 3 aromatic rings. The summed E-state index contributed by atoms with van der Waals surface area (Å²) in [6.07, 6.45) is 3.52. The molecule has 2 heterocycles. The number of thiocarbonyl (C=S) groups is 1. The van der Waals surface area contributed by atoms with E-state index in [9.17, 15) is 0 Å². The van der Waals surface area contributed by atoms with Crippen LogP contribution in [0.2, 0.25) is 10.0 Å². The minimum atomic E-state index is 0.548. The van der Waals surface area contributed by atoms with E-state index in [1.165, 1.54) is 0 Å². The second kappa shape index (κ2) is 8.07. The third-order valence-corrected chi connectivity index (χ3v) is 4.86. The van der Waals surface area contributed by atoms with Crippen LogP contribution in [0.5, 0.6) is 0 Å². The maximum absolute atomic E-state index is 6.15. The molecule has 0 aliphatic rings. The van der Waals surface area contributed by atoms with E-state index in [2.05, 4.69) is 15.5 Å². The van der Waals surface area contributed by atoms with Gasteiger partial charge in [-0.1, -0.05) is 35.3 Å². The van der Waals surface area contributed by atoms with E-state index in [-0.39, 0.29) is 0 Å². The van der Waals surface area contributed by atoms with Crippen LogP contribution < -0.4 is 5.32 Å². The van der Waals surface area contributed by atoms with Gasteiger partial charge in [0.05, 0.1) is 30.0 Å². The molecular weight excluding hydrogens is 391 g/mol. The molecule has 6 nitrogen and oxygen atoms in total. The molecule has 0 aliphatic heterocycles. The summed E-state index contributed by atoms with van der Waals surface area (Å²) < 4.78 is 3.58. The SMILES string of the molecule is CN(Cc1c(Cl)cnn1C)C(=S)Nc1ccn(Cc2ccc(Cl)cc2)n1. The zero-order valence-corrected chi connectivity index (χ0v) is 16.7. The van der Waals surface area contributed by atoms with Crippen molar-refractivity contribution in [3.05, 3.63) is 64.0 Å². The number of halogens is 2. The second-order valence-corrected chi connectivity index (χ2v) is 7.10. The summed E-state index contributed by atoms with van der Waals surface area (Å²) >= 11 is 17.5. The fourth-order valence-corrected chi connectivity index (χ4v) is 2.93. The lowest BCUT2D eigenvalue weighted by Crippen LogP contribution is -2.31. The van der Waals surface area contributed by atoms with E-state index in [1.807, 2.05) is 60.2 Å².